The molecule has 70 valence electrons. The van der Waals surface area contributed by atoms with Crippen LogP contribution in [0.2, 0.25) is 0 Å². The van der Waals surface area contributed by atoms with E-state index in [9.17, 15) is 5.11 Å². The molecule has 2 saturated heterocycles. The Hall–Kier alpha value is -0.160. The molecule has 0 saturated carbocycles. The summed E-state index contributed by atoms with van der Waals surface area (Å²) in [5, 5.41) is 11.3. The maximum Gasteiger partial charge on any atom is 0.0860 e. The summed E-state index contributed by atoms with van der Waals surface area (Å²) in [4.78, 5) is 0. The number of hydrazine groups is 1. The van der Waals surface area contributed by atoms with Crippen molar-refractivity contribution in [3.63, 3.8) is 0 Å². The van der Waals surface area contributed by atoms with Crippen LogP contribution in [-0.4, -0.2) is 41.5 Å². The van der Waals surface area contributed by atoms with Gasteiger partial charge < -0.3 is 9.84 Å². The lowest BCUT2D eigenvalue weighted by atomic mass is 9.91. The minimum absolute atomic E-state index is 0.133. The Morgan fingerprint density at radius 2 is 2.42 bits per heavy atom. The molecule has 0 unspecified atom stereocenters. The summed E-state index contributed by atoms with van der Waals surface area (Å²) in [5.41, 5.74) is -0.133. The van der Waals surface area contributed by atoms with Gasteiger partial charge in [-0.15, -0.1) is 0 Å². The molecule has 0 aromatic heterocycles. The fraction of sp³-hybridized carbons (Fsp3) is 1.00. The van der Waals surface area contributed by atoms with E-state index < -0.39 is 0 Å². The predicted molar refractivity (Wildman–Crippen MR) is 44.3 cm³/mol. The molecular formula is C8H16N2O2. The van der Waals surface area contributed by atoms with Crippen molar-refractivity contribution in [2.24, 2.45) is 5.84 Å². The fourth-order valence-electron chi connectivity index (χ4n) is 2.16. The summed E-state index contributed by atoms with van der Waals surface area (Å²) in [6, 6.07) is 0. The van der Waals surface area contributed by atoms with Crippen LogP contribution < -0.4 is 5.84 Å². The van der Waals surface area contributed by atoms with Gasteiger partial charge in [0.2, 0.25) is 0 Å². The highest BCUT2D eigenvalue weighted by atomic mass is 16.5. The first-order valence-electron chi connectivity index (χ1n) is 4.52. The highest BCUT2D eigenvalue weighted by molar-refractivity contribution is 4.94. The number of nitrogens with two attached hydrogens (primary N) is 1. The molecule has 2 rings (SSSR count). The van der Waals surface area contributed by atoms with E-state index in [2.05, 4.69) is 0 Å². The Morgan fingerprint density at radius 1 is 1.58 bits per heavy atom. The van der Waals surface area contributed by atoms with Crippen LogP contribution in [0.25, 0.3) is 0 Å². The summed E-state index contributed by atoms with van der Waals surface area (Å²) in [7, 11) is 0. The standard InChI is InChI=1S/C8H16N2O2/c9-10-3-2-8(6-10)5-7(11)1-4-12-8/h7,11H,1-6,9H2/t7-,8-/m1/s1. The van der Waals surface area contributed by atoms with E-state index in [0.29, 0.717) is 6.61 Å². The highest BCUT2D eigenvalue weighted by Crippen LogP contribution is 2.32. The Kier molecular flexibility index (Phi) is 2.08. The van der Waals surface area contributed by atoms with Crippen LogP contribution in [0.15, 0.2) is 0 Å². The number of hydrogen-bond acceptors (Lipinski definition) is 4. The minimum Gasteiger partial charge on any atom is -0.393 e. The van der Waals surface area contributed by atoms with Gasteiger partial charge in [0, 0.05) is 26.1 Å². The van der Waals surface area contributed by atoms with Gasteiger partial charge in [0.05, 0.1) is 11.7 Å². The molecule has 12 heavy (non-hydrogen) atoms. The lowest BCUT2D eigenvalue weighted by molar-refractivity contribution is -0.110. The van der Waals surface area contributed by atoms with Gasteiger partial charge in [0.25, 0.3) is 0 Å². The third-order valence-corrected chi connectivity index (χ3v) is 2.81. The highest BCUT2D eigenvalue weighted by Gasteiger charge is 2.41. The number of nitrogens with zero attached hydrogens (tertiary/aromatic N) is 1. The molecule has 3 N–H and O–H groups in total. The van der Waals surface area contributed by atoms with Crippen molar-refractivity contribution in [2.75, 3.05) is 19.7 Å². The quantitative estimate of drug-likeness (QED) is 0.482. The van der Waals surface area contributed by atoms with Crippen molar-refractivity contribution in [3.05, 3.63) is 0 Å². The van der Waals surface area contributed by atoms with Crippen molar-refractivity contribution >= 4 is 0 Å². The summed E-state index contributed by atoms with van der Waals surface area (Å²) in [5.74, 6) is 5.66. The molecule has 4 heteroatoms. The summed E-state index contributed by atoms with van der Waals surface area (Å²) in [6.07, 6.45) is 2.29. The third-order valence-electron chi connectivity index (χ3n) is 2.81. The molecule has 0 radical (unpaired) electrons. The van der Waals surface area contributed by atoms with Crippen molar-refractivity contribution < 1.29 is 9.84 Å². The van der Waals surface area contributed by atoms with Crippen molar-refractivity contribution in [1.29, 1.82) is 0 Å². The number of aliphatic hydroxyl groups excluding tert-OH is 1. The van der Waals surface area contributed by atoms with Crippen LogP contribution in [0.4, 0.5) is 0 Å². The maximum atomic E-state index is 9.48. The van der Waals surface area contributed by atoms with Crippen molar-refractivity contribution in [1.82, 2.24) is 5.01 Å². The Bertz CT molecular complexity index is 172. The molecule has 4 nitrogen and oxygen atoms in total. The van der Waals surface area contributed by atoms with Gasteiger partial charge in [-0.25, -0.2) is 5.01 Å². The monoisotopic (exact) mass is 172 g/mol. The Labute approximate surface area is 72.3 Å². The summed E-state index contributed by atoms with van der Waals surface area (Å²) >= 11 is 0. The van der Waals surface area contributed by atoms with E-state index in [4.69, 9.17) is 10.6 Å². The summed E-state index contributed by atoms with van der Waals surface area (Å²) < 4.78 is 5.69. The first kappa shape index (κ1) is 8.44. The van der Waals surface area contributed by atoms with Crippen LogP contribution >= 0.6 is 0 Å². The lowest BCUT2D eigenvalue weighted by Crippen LogP contribution is -2.45. The second kappa shape index (κ2) is 2.96. The normalized spacial score (nSPS) is 44.0. The number of aliphatic hydroxyl groups is 1. The second-order valence-corrected chi connectivity index (χ2v) is 3.90. The van der Waals surface area contributed by atoms with E-state index in [0.717, 1.165) is 32.4 Å². The molecule has 2 atom stereocenters. The summed E-state index contributed by atoms with van der Waals surface area (Å²) in [6.45, 7) is 2.33. The van der Waals surface area contributed by atoms with Crippen molar-refractivity contribution in [2.45, 2.75) is 31.0 Å². The zero-order valence-electron chi connectivity index (χ0n) is 7.20. The molecule has 2 aliphatic heterocycles. The lowest BCUT2D eigenvalue weighted by Gasteiger charge is -2.35. The van der Waals surface area contributed by atoms with Gasteiger partial charge >= 0.3 is 0 Å². The molecule has 0 amide bonds. The van der Waals surface area contributed by atoms with E-state index in [-0.39, 0.29) is 11.7 Å². The Balaban J connectivity index is 2.00. The van der Waals surface area contributed by atoms with Crippen LogP contribution in [0.1, 0.15) is 19.3 Å². The smallest absolute Gasteiger partial charge is 0.0860 e. The van der Waals surface area contributed by atoms with E-state index in [1.54, 1.807) is 5.01 Å². The topological polar surface area (TPSA) is 58.7 Å². The van der Waals surface area contributed by atoms with Crippen LogP contribution in [-0.2, 0) is 4.74 Å². The van der Waals surface area contributed by atoms with Crippen LogP contribution in [0.5, 0.6) is 0 Å². The zero-order chi connectivity index (χ0) is 8.60. The Morgan fingerprint density at radius 3 is 3.00 bits per heavy atom. The van der Waals surface area contributed by atoms with E-state index >= 15 is 0 Å². The fourth-order valence-corrected chi connectivity index (χ4v) is 2.16. The van der Waals surface area contributed by atoms with Gasteiger partial charge in [-0.2, -0.15) is 0 Å². The molecule has 2 heterocycles. The number of rotatable bonds is 0. The van der Waals surface area contributed by atoms with Gasteiger partial charge in [0.1, 0.15) is 0 Å². The molecule has 0 aromatic rings. The third kappa shape index (κ3) is 1.47. The van der Waals surface area contributed by atoms with Gasteiger partial charge in [-0.1, -0.05) is 0 Å². The first-order valence-corrected chi connectivity index (χ1v) is 4.52. The van der Waals surface area contributed by atoms with Crippen LogP contribution in [0, 0.1) is 0 Å². The zero-order valence-corrected chi connectivity index (χ0v) is 7.20. The molecule has 1 spiro atoms. The van der Waals surface area contributed by atoms with E-state index in [1.807, 2.05) is 0 Å². The molecule has 0 aliphatic carbocycles. The molecular weight excluding hydrogens is 156 g/mol. The SMILES string of the molecule is NN1CC[C@@]2(C[C@H](O)CCO2)C1. The van der Waals surface area contributed by atoms with Gasteiger partial charge in [-0.3, -0.25) is 5.84 Å². The molecule has 0 aromatic carbocycles. The van der Waals surface area contributed by atoms with E-state index in [1.165, 1.54) is 0 Å². The number of hydrogen-bond donors (Lipinski definition) is 2. The average molecular weight is 172 g/mol. The molecule has 2 aliphatic rings. The predicted octanol–water partition coefficient (Wildman–Crippen LogP) is -0.524. The molecule has 2 fully saturated rings. The number of ether oxygens (including phenoxy) is 1. The van der Waals surface area contributed by atoms with Gasteiger partial charge in [-0.05, 0) is 12.8 Å². The van der Waals surface area contributed by atoms with Crippen LogP contribution in [0.3, 0.4) is 0 Å². The average Bonchev–Trinajstić information content (AvgIpc) is 2.32. The van der Waals surface area contributed by atoms with Gasteiger partial charge in [0.15, 0.2) is 0 Å². The molecule has 0 bridgehead atoms. The maximum absolute atomic E-state index is 9.48. The minimum atomic E-state index is -0.190. The largest absolute Gasteiger partial charge is 0.393 e. The second-order valence-electron chi connectivity index (χ2n) is 3.90. The van der Waals surface area contributed by atoms with Crippen molar-refractivity contribution in [3.8, 4) is 0 Å². The first-order chi connectivity index (χ1) is 5.70.